The zero-order chi connectivity index (χ0) is 24.7. The predicted octanol–water partition coefficient (Wildman–Crippen LogP) is 3.48. The van der Waals surface area contributed by atoms with E-state index in [1.54, 1.807) is 0 Å². The third-order valence-electron chi connectivity index (χ3n) is 5.94. The number of halogens is 4. The van der Waals surface area contributed by atoms with Crippen LogP contribution >= 0.6 is 0 Å². The van der Waals surface area contributed by atoms with Crippen LogP contribution in [0.2, 0.25) is 0 Å². The topological polar surface area (TPSA) is 95.9 Å². The van der Waals surface area contributed by atoms with Gasteiger partial charge in [-0.15, -0.1) is 0 Å². The number of benzene rings is 2. The normalized spacial score (nSPS) is 18.6. The average molecular weight is 480 g/mol. The summed E-state index contributed by atoms with van der Waals surface area (Å²) in [6.45, 7) is -3.31. The fourth-order valence-electron chi connectivity index (χ4n) is 4.30. The van der Waals surface area contributed by atoms with Gasteiger partial charge in [0.1, 0.15) is 12.6 Å². The Balaban J connectivity index is 1.44. The van der Waals surface area contributed by atoms with E-state index < -0.39 is 55.4 Å². The van der Waals surface area contributed by atoms with Crippen LogP contribution in [0.4, 0.5) is 22.4 Å². The van der Waals surface area contributed by atoms with Crippen molar-refractivity contribution in [3.05, 3.63) is 59.7 Å². The Hall–Kier alpha value is -3.63. The number of hydrogen-bond acceptors (Lipinski definition) is 4. The number of carboxylic acid groups (broad SMARTS) is 1. The molecule has 2 aromatic carbocycles. The van der Waals surface area contributed by atoms with Gasteiger partial charge in [-0.05, 0) is 22.3 Å². The van der Waals surface area contributed by atoms with Gasteiger partial charge in [0.2, 0.25) is 5.91 Å². The van der Waals surface area contributed by atoms with E-state index >= 15 is 0 Å². The van der Waals surface area contributed by atoms with Gasteiger partial charge in [-0.3, -0.25) is 9.59 Å². The van der Waals surface area contributed by atoms with E-state index in [1.165, 1.54) is 0 Å². The number of hydrogen-bond donors (Lipinski definition) is 2. The molecular formula is C23H20F4N2O5. The van der Waals surface area contributed by atoms with Crippen molar-refractivity contribution in [1.29, 1.82) is 0 Å². The molecule has 1 aliphatic carbocycles. The molecule has 1 heterocycles. The Kier molecular flexibility index (Phi) is 5.96. The van der Waals surface area contributed by atoms with Gasteiger partial charge in [0, 0.05) is 5.92 Å². The van der Waals surface area contributed by atoms with E-state index in [-0.39, 0.29) is 17.4 Å². The number of alkyl carbamates (subject to hydrolysis) is 1. The van der Waals surface area contributed by atoms with Crippen molar-refractivity contribution in [1.82, 2.24) is 10.2 Å². The van der Waals surface area contributed by atoms with Gasteiger partial charge >= 0.3 is 23.9 Å². The molecule has 1 fully saturated rings. The molecule has 34 heavy (non-hydrogen) atoms. The largest absolute Gasteiger partial charge is 0.481 e. The van der Waals surface area contributed by atoms with Crippen molar-refractivity contribution < 1.29 is 41.8 Å². The molecule has 0 radical (unpaired) electrons. The summed E-state index contributed by atoms with van der Waals surface area (Å²) in [4.78, 5) is 36.2. The Bertz CT molecular complexity index is 1080. The maximum absolute atomic E-state index is 13.5. The third-order valence-corrected chi connectivity index (χ3v) is 5.94. The zero-order valence-electron chi connectivity index (χ0n) is 17.6. The Morgan fingerprint density at radius 1 is 0.971 bits per heavy atom. The quantitative estimate of drug-likeness (QED) is 0.618. The number of fused-ring (bicyclic) bond motifs is 3. The van der Waals surface area contributed by atoms with Gasteiger partial charge in [0.05, 0.1) is 19.5 Å². The van der Waals surface area contributed by atoms with E-state index in [0.717, 1.165) is 22.3 Å². The van der Waals surface area contributed by atoms with Gasteiger partial charge in [0.25, 0.3) is 0 Å². The number of ether oxygens (including phenoxy) is 1. The fourth-order valence-corrected chi connectivity index (χ4v) is 4.30. The summed E-state index contributed by atoms with van der Waals surface area (Å²) < 4.78 is 59.2. The molecule has 0 saturated carbocycles. The second kappa shape index (κ2) is 8.62. The molecule has 7 nitrogen and oxygen atoms in total. The van der Waals surface area contributed by atoms with Crippen LogP contribution in [-0.2, 0) is 14.3 Å². The van der Waals surface area contributed by atoms with Crippen LogP contribution in [0, 0.1) is 0 Å². The zero-order valence-corrected chi connectivity index (χ0v) is 17.6. The second-order valence-electron chi connectivity index (χ2n) is 8.22. The average Bonchev–Trinajstić information content (AvgIpc) is 3.20. The molecule has 1 saturated heterocycles. The lowest BCUT2D eigenvalue weighted by molar-refractivity contribution is -0.172. The van der Waals surface area contributed by atoms with Crippen LogP contribution in [-0.4, -0.2) is 65.6 Å². The Morgan fingerprint density at radius 3 is 1.97 bits per heavy atom. The van der Waals surface area contributed by atoms with Crippen molar-refractivity contribution in [2.45, 2.75) is 30.2 Å². The highest BCUT2D eigenvalue weighted by atomic mass is 19.3. The molecule has 2 aromatic rings. The molecule has 2 amide bonds. The van der Waals surface area contributed by atoms with E-state index in [2.05, 4.69) is 0 Å². The minimum Gasteiger partial charge on any atom is -0.481 e. The summed E-state index contributed by atoms with van der Waals surface area (Å²) in [5.74, 6) is -12.1. The smallest absolute Gasteiger partial charge is 0.407 e. The van der Waals surface area contributed by atoms with E-state index in [9.17, 15) is 31.9 Å². The second-order valence-corrected chi connectivity index (χ2v) is 8.22. The minimum atomic E-state index is -4.46. The number of carbonyl (C=O) groups excluding carboxylic acids is 2. The lowest BCUT2D eigenvalue weighted by Crippen LogP contribution is -2.49. The Morgan fingerprint density at radius 2 is 1.47 bits per heavy atom. The van der Waals surface area contributed by atoms with Crippen LogP contribution in [0.3, 0.4) is 0 Å². The monoisotopic (exact) mass is 480 g/mol. The summed E-state index contributed by atoms with van der Waals surface area (Å²) >= 11 is 0. The van der Waals surface area contributed by atoms with Crippen LogP contribution < -0.4 is 5.32 Å². The molecule has 2 aliphatic rings. The lowest BCUT2D eigenvalue weighted by Gasteiger charge is -2.23. The van der Waals surface area contributed by atoms with Crippen LogP contribution in [0.5, 0.6) is 0 Å². The van der Waals surface area contributed by atoms with Crippen LogP contribution in [0.15, 0.2) is 48.5 Å². The van der Waals surface area contributed by atoms with E-state index in [4.69, 9.17) is 9.84 Å². The third kappa shape index (κ3) is 4.29. The van der Waals surface area contributed by atoms with Crippen molar-refractivity contribution >= 4 is 18.0 Å². The SMILES string of the molecule is O=C(O)CC(NC(=O)OCC1c2ccccc2-c2ccccc21)C(=O)N1CC(F)(F)C(F)(F)C1. The standard InChI is InChI=1S/C23H20F4N2O5/c24-22(25)11-29(12-23(22,26)27)20(32)18(9-19(30)31)28-21(33)34-10-17-15-7-3-1-5-13(15)14-6-2-4-8-16(14)17/h1-8,17-18H,9-12H2,(H,28,33)(H,30,31). The number of carbonyl (C=O) groups is 3. The molecule has 0 spiro atoms. The molecule has 11 heteroatoms. The van der Waals surface area contributed by atoms with Crippen molar-refractivity contribution in [2.24, 2.45) is 0 Å². The number of likely N-dealkylation sites (tertiary alicyclic amines) is 1. The first-order chi connectivity index (χ1) is 16.0. The molecule has 0 aromatic heterocycles. The van der Waals surface area contributed by atoms with Crippen molar-refractivity contribution in [2.75, 3.05) is 19.7 Å². The van der Waals surface area contributed by atoms with Crippen LogP contribution in [0.1, 0.15) is 23.5 Å². The minimum absolute atomic E-state index is 0.145. The lowest BCUT2D eigenvalue weighted by atomic mass is 9.98. The molecule has 1 atom stereocenters. The van der Waals surface area contributed by atoms with E-state index in [0.29, 0.717) is 0 Å². The van der Waals surface area contributed by atoms with Crippen molar-refractivity contribution in [3.8, 4) is 11.1 Å². The predicted molar refractivity (Wildman–Crippen MR) is 111 cm³/mol. The maximum atomic E-state index is 13.5. The first-order valence-electron chi connectivity index (χ1n) is 10.4. The number of amides is 2. The highest BCUT2D eigenvalue weighted by Gasteiger charge is 2.64. The summed E-state index contributed by atoms with van der Waals surface area (Å²) in [6.07, 6.45) is -2.16. The number of nitrogens with zero attached hydrogens (tertiary/aromatic N) is 1. The summed E-state index contributed by atoms with van der Waals surface area (Å²) in [5.41, 5.74) is 3.77. The summed E-state index contributed by atoms with van der Waals surface area (Å²) in [6, 6.07) is 13.2. The van der Waals surface area contributed by atoms with Crippen LogP contribution in [0.25, 0.3) is 11.1 Å². The van der Waals surface area contributed by atoms with E-state index in [1.807, 2.05) is 53.8 Å². The molecule has 180 valence electrons. The molecule has 4 rings (SSSR count). The van der Waals surface area contributed by atoms with Gasteiger partial charge in [0.15, 0.2) is 0 Å². The number of carboxylic acids is 1. The molecule has 0 bridgehead atoms. The van der Waals surface area contributed by atoms with Gasteiger partial charge in [-0.25, -0.2) is 4.79 Å². The maximum Gasteiger partial charge on any atom is 0.407 e. The molecule has 2 N–H and O–H groups in total. The number of aliphatic carboxylic acids is 1. The first kappa shape index (κ1) is 23.5. The fraction of sp³-hybridized carbons (Fsp3) is 0.348. The van der Waals surface area contributed by atoms with Gasteiger partial charge in [-0.1, -0.05) is 48.5 Å². The first-order valence-corrected chi connectivity index (χ1v) is 10.4. The number of nitrogens with one attached hydrogen (secondary N) is 1. The molecular weight excluding hydrogens is 460 g/mol. The van der Waals surface area contributed by atoms with Gasteiger partial charge < -0.3 is 20.1 Å². The Labute approximate surface area is 191 Å². The molecule has 1 aliphatic heterocycles. The highest BCUT2D eigenvalue weighted by molar-refractivity contribution is 5.89. The number of alkyl halides is 4. The molecule has 1 unspecified atom stereocenters. The highest BCUT2D eigenvalue weighted by Crippen LogP contribution is 2.44. The number of rotatable bonds is 6. The van der Waals surface area contributed by atoms with Gasteiger partial charge in [-0.2, -0.15) is 17.6 Å². The summed E-state index contributed by atoms with van der Waals surface area (Å²) in [7, 11) is 0. The van der Waals surface area contributed by atoms with Crippen molar-refractivity contribution in [3.63, 3.8) is 0 Å². The summed E-state index contributed by atoms with van der Waals surface area (Å²) in [5, 5.41) is 11.1.